The molecular formula is C13H16ClN3O. The molecule has 1 heterocycles. The van der Waals surface area contributed by atoms with Crippen LogP contribution >= 0.6 is 11.6 Å². The molecule has 0 aliphatic rings. The van der Waals surface area contributed by atoms with Crippen LogP contribution in [0.2, 0.25) is 5.02 Å². The molecule has 2 aromatic rings. The summed E-state index contributed by atoms with van der Waals surface area (Å²) in [5, 5.41) is 7.92. The molecule has 0 amide bonds. The average Bonchev–Trinajstić information content (AvgIpc) is 2.77. The number of benzene rings is 1. The molecule has 0 bridgehead atoms. The average molecular weight is 266 g/mol. The van der Waals surface area contributed by atoms with Crippen LogP contribution in [0.3, 0.4) is 0 Å². The monoisotopic (exact) mass is 265 g/mol. The molecule has 18 heavy (non-hydrogen) atoms. The molecule has 96 valence electrons. The van der Waals surface area contributed by atoms with E-state index >= 15 is 0 Å². The van der Waals surface area contributed by atoms with Crippen LogP contribution in [0, 0.1) is 6.92 Å². The van der Waals surface area contributed by atoms with Crippen LogP contribution in [0.15, 0.2) is 18.2 Å². The van der Waals surface area contributed by atoms with Gasteiger partial charge in [0, 0.05) is 22.7 Å². The highest BCUT2D eigenvalue weighted by Crippen LogP contribution is 2.34. The van der Waals surface area contributed by atoms with Crippen LogP contribution in [-0.4, -0.2) is 23.9 Å². The predicted octanol–water partition coefficient (Wildman–Crippen LogP) is 2.55. The van der Waals surface area contributed by atoms with Gasteiger partial charge in [0.2, 0.25) is 0 Å². The smallest absolute Gasteiger partial charge is 0.131 e. The molecule has 2 rings (SSSR count). The summed E-state index contributed by atoms with van der Waals surface area (Å²) in [5.41, 5.74) is 9.23. The van der Waals surface area contributed by atoms with Crippen molar-refractivity contribution in [1.82, 2.24) is 10.2 Å². The Balaban J connectivity index is 2.48. The summed E-state index contributed by atoms with van der Waals surface area (Å²) in [6.45, 7) is 2.55. The standard InChI is InChI=1S/C13H16ClN3O/c1-8-5-9(14)6-11(13(8)18-2)12-7-10(3-4-15)16-17-12/h5-7H,3-4,15H2,1-2H3,(H,16,17). The number of hydrogen-bond acceptors (Lipinski definition) is 3. The highest BCUT2D eigenvalue weighted by atomic mass is 35.5. The molecule has 5 heteroatoms. The first-order chi connectivity index (χ1) is 8.65. The summed E-state index contributed by atoms with van der Waals surface area (Å²) in [7, 11) is 1.65. The van der Waals surface area contributed by atoms with Gasteiger partial charge in [-0.2, -0.15) is 5.10 Å². The fourth-order valence-corrected chi connectivity index (χ4v) is 2.25. The number of hydrogen-bond donors (Lipinski definition) is 2. The van der Waals surface area contributed by atoms with Gasteiger partial charge in [0.25, 0.3) is 0 Å². The fraction of sp³-hybridized carbons (Fsp3) is 0.308. The van der Waals surface area contributed by atoms with Crippen molar-refractivity contribution in [2.45, 2.75) is 13.3 Å². The summed E-state index contributed by atoms with van der Waals surface area (Å²) in [6.07, 6.45) is 0.773. The van der Waals surface area contributed by atoms with Gasteiger partial charge in [0.1, 0.15) is 5.75 Å². The van der Waals surface area contributed by atoms with E-state index in [0.29, 0.717) is 11.6 Å². The number of nitrogens with two attached hydrogens (primary N) is 1. The maximum atomic E-state index is 6.08. The molecular weight excluding hydrogens is 250 g/mol. The third-order valence-corrected chi connectivity index (χ3v) is 2.98. The number of aromatic nitrogens is 2. The first-order valence-corrected chi connectivity index (χ1v) is 6.12. The van der Waals surface area contributed by atoms with Crippen LogP contribution in [0.25, 0.3) is 11.3 Å². The fourth-order valence-electron chi connectivity index (χ4n) is 1.97. The highest BCUT2D eigenvalue weighted by molar-refractivity contribution is 6.31. The molecule has 0 aliphatic heterocycles. The highest BCUT2D eigenvalue weighted by Gasteiger charge is 2.13. The number of H-pyrrole nitrogens is 1. The molecule has 0 spiro atoms. The van der Waals surface area contributed by atoms with Crippen molar-refractivity contribution in [1.29, 1.82) is 0 Å². The maximum Gasteiger partial charge on any atom is 0.131 e. The Kier molecular flexibility index (Phi) is 3.89. The number of aromatic amines is 1. The number of aryl methyl sites for hydroxylation is 1. The van der Waals surface area contributed by atoms with Crippen LogP contribution in [-0.2, 0) is 6.42 Å². The minimum atomic E-state index is 0.591. The lowest BCUT2D eigenvalue weighted by atomic mass is 10.1. The van der Waals surface area contributed by atoms with Gasteiger partial charge in [-0.25, -0.2) is 0 Å². The number of rotatable bonds is 4. The molecule has 3 N–H and O–H groups in total. The zero-order valence-electron chi connectivity index (χ0n) is 10.5. The quantitative estimate of drug-likeness (QED) is 0.893. The van der Waals surface area contributed by atoms with Gasteiger partial charge in [-0.15, -0.1) is 0 Å². The maximum absolute atomic E-state index is 6.08. The summed E-state index contributed by atoms with van der Waals surface area (Å²) in [6, 6.07) is 5.70. The summed E-state index contributed by atoms with van der Waals surface area (Å²) in [4.78, 5) is 0. The molecule has 0 unspecified atom stereocenters. The van der Waals surface area contributed by atoms with Gasteiger partial charge in [0.15, 0.2) is 0 Å². The topological polar surface area (TPSA) is 63.9 Å². The first-order valence-electron chi connectivity index (χ1n) is 5.74. The molecule has 0 aliphatic carbocycles. The Morgan fingerprint density at radius 2 is 2.17 bits per heavy atom. The third-order valence-electron chi connectivity index (χ3n) is 2.76. The van der Waals surface area contributed by atoms with E-state index in [1.807, 2.05) is 25.1 Å². The van der Waals surface area contributed by atoms with Gasteiger partial charge in [-0.3, -0.25) is 5.10 Å². The van der Waals surface area contributed by atoms with Gasteiger partial charge in [0.05, 0.1) is 12.8 Å². The first kappa shape index (κ1) is 12.9. The van der Waals surface area contributed by atoms with E-state index in [0.717, 1.165) is 34.7 Å². The van der Waals surface area contributed by atoms with Crippen molar-refractivity contribution in [3.63, 3.8) is 0 Å². The Morgan fingerprint density at radius 3 is 2.83 bits per heavy atom. The molecule has 1 aromatic heterocycles. The van der Waals surface area contributed by atoms with E-state index in [4.69, 9.17) is 22.1 Å². The molecule has 0 saturated heterocycles. The minimum Gasteiger partial charge on any atom is -0.496 e. The Bertz CT molecular complexity index is 551. The Hall–Kier alpha value is -1.52. The Morgan fingerprint density at radius 1 is 1.39 bits per heavy atom. The zero-order chi connectivity index (χ0) is 13.1. The molecule has 0 radical (unpaired) electrons. The largest absolute Gasteiger partial charge is 0.496 e. The third kappa shape index (κ3) is 2.49. The second-order valence-electron chi connectivity index (χ2n) is 4.12. The van der Waals surface area contributed by atoms with Crippen molar-refractivity contribution in [3.05, 3.63) is 34.5 Å². The molecule has 0 atom stereocenters. The van der Waals surface area contributed by atoms with Crippen molar-refractivity contribution < 1.29 is 4.74 Å². The van der Waals surface area contributed by atoms with Crippen molar-refractivity contribution >= 4 is 11.6 Å². The van der Waals surface area contributed by atoms with E-state index in [2.05, 4.69) is 10.2 Å². The van der Waals surface area contributed by atoms with Crippen molar-refractivity contribution in [2.75, 3.05) is 13.7 Å². The van der Waals surface area contributed by atoms with E-state index in [1.54, 1.807) is 7.11 Å². The molecule has 1 aromatic carbocycles. The number of nitrogens with zero attached hydrogens (tertiary/aromatic N) is 1. The van der Waals surface area contributed by atoms with Gasteiger partial charge < -0.3 is 10.5 Å². The molecule has 4 nitrogen and oxygen atoms in total. The lowest BCUT2D eigenvalue weighted by Gasteiger charge is -2.10. The second-order valence-corrected chi connectivity index (χ2v) is 4.56. The summed E-state index contributed by atoms with van der Waals surface area (Å²) in [5.74, 6) is 0.796. The lowest BCUT2D eigenvalue weighted by molar-refractivity contribution is 0.413. The van der Waals surface area contributed by atoms with E-state index in [-0.39, 0.29) is 0 Å². The normalized spacial score (nSPS) is 10.7. The van der Waals surface area contributed by atoms with Crippen LogP contribution in [0.4, 0.5) is 0 Å². The van der Waals surface area contributed by atoms with Crippen LogP contribution in [0.1, 0.15) is 11.3 Å². The van der Waals surface area contributed by atoms with E-state index in [1.165, 1.54) is 0 Å². The lowest BCUT2D eigenvalue weighted by Crippen LogP contribution is -2.02. The number of ether oxygens (including phenoxy) is 1. The number of nitrogens with one attached hydrogen (secondary N) is 1. The summed E-state index contributed by atoms with van der Waals surface area (Å²) >= 11 is 6.08. The Labute approximate surface area is 111 Å². The van der Waals surface area contributed by atoms with Crippen LogP contribution < -0.4 is 10.5 Å². The minimum absolute atomic E-state index is 0.591. The molecule has 0 fully saturated rings. The SMILES string of the molecule is COc1c(C)cc(Cl)cc1-c1cc(CCN)[nH]n1. The van der Waals surface area contributed by atoms with Crippen LogP contribution in [0.5, 0.6) is 5.75 Å². The number of methoxy groups -OCH3 is 1. The van der Waals surface area contributed by atoms with Gasteiger partial charge >= 0.3 is 0 Å². The predicted molar refractivity (Wildman–Crippen MR) is 73.1 cm³/mol. The van der Waals surface area contributed by atoms with E-state index in [9.17, 15) is 0 Å². The summed E-state index contributed by atoms with van der Waals surface area (Å²) < 4.78 is 5.42. The molecule has 0 saturated carbocycles. The van der Waals surface area contributed by atoms with Crippen molar-refractivity contribution in [2.24, 2.45) is 5.73 Å². The second kappa shape index (κ2) is 5.42. The number of halogens is 1. The van der Waals surface area contributed by atoms with Gasteiger partial charge in [-0.05, 0) is 37.2 Å². The zero-order valence-corrected chi connectivity index (χ0v) is 11.2. The van der Waals surface area contributed by atoms with E-state index < -0.39 is 0 Å². The van der Waals surface area contributed by atoms with Gasteiger partial charge in [-0.1, -0.05) is 11.6 Å². The van der Waals surface area contributed by atoms with Crippen molar-refractivity contribution in [3.8, 4) is 17.0 Å².